The van der Waals surface area contributed by atoms with E-state index in [2.05, 4.69) is 20.6 Å². The average Bonchev–Trinajstić information content (AvgIpc) is 2.88. The quantitative estimate of drug-likeness (QED) is 0.805. The molecule has 0 amide bonds. The largest absolute Gasteiger partial charge is 0.393 e. The van der Waals surface area contributed by atoms with Gasteiger partial charge in [0.2, 0.25) is 0 Å². The van der Waals surface area contributed by atoms with Gasteiger partial charge < -0.3 is 9.67 Å². The van der Waals surface area contributed by atoms with Crippen molar-refractivity contribution < 1.29 is 5.11 Å². The lowest BCUT2D eigenvalue weighted by Crippen LogP contribution is -2.38. The molecular formula is C12H19N3O. The molecule has 0 aromatic carbocycles. The maximum atomic E-state index is 9.83. The minimum Gasteiger partial charge on any atom is -0.393 e. The molecule has 2 unspecified atom stereocenters. The molecule has 88 valence electrons. The van der Waals surface area contributed by atoms with Crippen LogP contribution in [-0.4, -0.2) is 38.8 Å². The number of imidazole rings is 1. The Bertz CT molecular complexity index is 363. The normalized spacial score (nSPS) is 30.6. The Balaban J connectivity index is 1.61. The van der Waals surface area contributed by atoms with Crippen LogP contribution in [0.4, 0.5) is 0 Å². The molecule has 1 aromatic heterocycles. The molecule has 1 aliphatic heterocycles. The van der Waals surface area contributed by atoms with Crippen molar-refractivity contribution >= 4 is 0 Å². The molecule has 0 bridgehead atoms. The van der Waals surface area contributed by atoms with Gasteiger partial charge in [0, 0.05) is 32.0 Å². The Morgan fingerprint density at radius 1 is 1.38 bits per heavy atom. The topological polar surface area (TPSA) is 41.3 Å². The predicted molar refractivity (Wildman–Crippen MR) is 60.9 cm³/mol. The van der Waals surface area contributed by atoms with Crippen LogP contribution in [0.3, 0.4) is 0 Å². The lowest BCUT2D eigenvalue weighted by Gasteiger charge is -2.30. The van der Waals surface area contributed by atoms with E-state index in [1.54, 1.807) is 0 Å². The van der Waals surface area contributed by atoms with Crippen molar-refractivity contribution in [2.75, 3.05) is 13.1 Å². The van der Waals surface area contributed by atoms with Crippen LogP contribution in [0.5, 0.6) is 0 Å². The summed E-state index contributed by atoms with van der Waals surface area (Å²) in [5.74, 6) is 1.65. The summed E-state index contributed by atoms with van der Waals surface area (Å²) < 4.78 is 2.22. The third-order valence-corrected chi connectivity index (χ3v) is 3.94. The molecule has 0 radical (unpaired) electrons. The van der Waals surface area contributed by atoms with Crippen LogP contribution in [0.2, 0.25) is 0 Å². The number of aliphatic hydroxyl groups is 1. The molecule has 4 nitrogen and oxygen atoms in total. The number of nitrogens with zero attached hydrogens (tertiary/aromatic N) is 3. The summed E-state index contributed by atoms with van der Waals surface area (Å²) in [5, 5.41) is 9.83. The fraction of sp³-hybridized carbons (Fsp3) is 0.750. The fourth-order valence-corrected chi connectivity index (χ4v) is 2.94. The first-order chi connectivity index (χ1) is 7.83. The zero-order valence-corrected chi connectivity index (χ0v) is 9.55. The van der Waals surface area contributed by atoms with Crippen LogP contribution in [0.25, 0.3) is 0 Å². The van der Waals surface area contributed by atoms with Gasteiger partial charge >= 0.3 is 0 Å². The maximum Gasteiger partial charge on any atom is 0.122 e. The minimum absolute atomic E-state index is 0.0679. The molecule has 0 spiro atoms. The van der Waals surface area contributed by atoms with Gasteiger partial charge in [-0.05, 0) is 18.8 Å². The predicted octanol–water partition coefficient (Wildman–Crippen LogP) is 0.860. The number of rotatable bonds is 2. The number of aromatic nitrogens is 2. The Labute approximate surface area is 95.9 Å². The van der Waals surface area contributed by atoms with E-state index < -0.39 is 0 Å². The van der Waals surface area contributed by atoms with Crippen molar-refractivity contribution in [1.82, 2.24) is 14.5 Å². The summed E-state index contributed by atoms with van der Waals surface area (Å²) in [5.41, 5.74) is 0. The van der Waals surface area contributed by atoms with E-state index in [1.165, 1.54) is 18.7 Å². The van der Waals surface area contributed by atoms with Gasteiger partial charge in [0.25, 0.3) is 0 Å². The van der Waals surface area contributed by atoms with Crippen LogP contribution in [0, 0.1) is 5.92 Å². The van der Waals surface area contributed by atoms with E-state index in [9.17, 15) is 5.11 Å². The van der Waals surface area contributed by atoms with Crippen LogP contribution in [0.1, 0.15) is 25.1 Å². The van der Waals surface area contributed by atoms with Crippen LogP contribution < -0.4 is 0 Å². The number of aliphatic hydroxyl groups excluding tert-OH is 1. The van der Waals surface area contributed by atoms with Crippen LogP contribution in [-0.2, 0) is 13.1 Å². The molecule has 1 saturated carbocycles. The zero-order valence-electron chi connectivity index (χ0n) is 9.55. The zero-order chi connectivity index (χ0) is 11.0. The van der Waals surface area contributed by atoms with Gasteiger partial charge in [-0.25, -0.2) is 4.98 Å². The summed E-state index contributed by atoms with van der Waals surface area (Å²) in [6.07, 6.45) is 7.23. The van der Waals surface area contributed by atoms with Crippen molar-refractivity contribution in [3.63, 3.8) is 0 Å². The van der Waals surface area contributed by atoms with Gasteiger partial charge in [0.05, 0.1) is 12.6 Å². The monoisotopic (exact) mass is 221 g/mol. The molecule has 1 fully saturated rings. The van der Waals surface area contributed by atoms with Gasteiger partial charge in [0.1, 0.15) is 5.82 Å². The molecule has 1 aromatic rings. The molecular weight excluding hydrogens is 202 g/mol. The highest BCUT2D eigenvalue weighted by Gasteiger charge is 2.28. The van der Waals surface area contributed by atoms with E-state index >= 15 is 0 Å². The molecule has 2 aliphatic rings. The first-order valence-corrected chi connectivity index (χ1v) is 6.23. The SMILES string of the molecule is OC1CCCC1CN1CCn2ccnc2C1. The summed E-state index contributed by atoms with van der Waals surface area (Å²) in [4.78, 5) is 6.79. The number of fused-ring (bicyclic) bond motifs is 1. The van der Waals surface area contributed by atoms with Crippen molar-refractivity contribution in [1.29, 1.82) is 0 Å². The second-order valence-corrected chi connectivity index (χ2v) is 5.03. The standard InChI is InChI=1S/C12H19N3O/c16-11-3-1-2-10(11)8-14-6-7-15-5-4-13-12(15)9-14/h4-5,10-11,16H,1-3,6-9H2. The van der Waals surface area contributed by atoms with Gasteiger partial charge in [-0.3, -0.25) is 4.90 Å². The number of hydrogen-bond donors (Lipinski definition) is 1. The summed E-state index contributed by atoms with van der Waals surface area (Å²) >= 11 is 0. The Morgan fingerprint density at radius 2 is 2.31 bits per heavy atom. The van der Waals surface area contributed by atoms with Gasteiger partial charge in [0.15, 0.2) is 0 Å². The molecule has 3 rings (SSSR count). The molecule has 2 atom stereocenters. The summed E-state index contributed by atoms with van der Waals surface area (Å²) in [6.45, 7) is 4.11. The fourth-order valence-electron chi connectivity index (χ4n) is 2.94. The highest BCUT2D eigenvalue weighted by atomic mass is 16.3. The second-order valence-electron chi connectivity index (χ2n) is 5.03. The Kier molecular flexibility index (Phi) is 2.69. The van der Waals surface area contributed by atoms with Gasteiger partial charge in [-0.2, -0.15) is 0 Å². The van der Waals surface area contributed by atoms with E-state index in [0.717, 1.165) is 32.6 Å². The van der Waals surface area contributed by atoms with Crippen molar-refractivity contribution in [2.45, 2.75) is 38.5 Å². The van der Waals surface area contributed by atoms with Crippen molar-refractivity contribution in [3.8, 4) is 0 Å². The van der Waals surface area contributed by atoms with Crippen molar-refractivity contribution in [3.05, 3.63) is 18.2 Å². The Morgan fingerprint density at radius 3 is 3.12 bits per heavy atom. The smallest absolute Gasteiger partial charge is 0.122 e. The van der Waals surface area contributed by atoms with Gasteiger partial charge in [-0.1, -0.05) is 6.42 Å². The van der Waals surface area contributed by atoms with E-state index in [4.69, 9.17) is 0 Å². The van der Waals surface area contributed by atoms with Crippen molar-refractivity contribution in [2.24, 2.45) is 5.92 Å². The molecule has 1 aliphatic carbocycles. The minimum atomic E-state index is -0.0679. The molecule has 1 N–H and O–H groups in total. The maximum absolute atomic E-state index is 9.83. The highest BCUT2D eigenvalue weighted by Crippen LogP contribution is 2.27. The third kappa shape index (κ3) is 1.87. The van der Waals surface area contributed by atoms with Crippen LogP contribution >= 0.6 is 0 Å². The number of hydrogen-bond acceptors (Lipinski definition) is 3. The molecule has 16 heavy (non-hydrogen) atoms. The Hall–Kier alpha value is -0.870. The van der Waals surface area contributed by atoms with E-state index in [1.807, 2.05) is 6.20 Å². The lowest BCUT2D eigenvalue weighted by molar-refractivity contribution is 0.0914. The first-order valence-electron chi connectivity index (χ1n) is 6.23. The van der Waals surface area contributed by atoms with E-state index in [0.29, 0.717) is 5.92 Å². The first kappa shape index (κ1) is 10.3. The van der Waals surface area contributed by atoms with Crippen LogP contribution in [0.15, 0.2) is 12.4 Å². The average molecular weight is 221 g/mol. The highest BCUT2D eigenvalue weighted by molar-refractivity contribution is 4.96. The summed E-state index contributed by atoms with van der Waals surface area (Å²) in [6, 6.07) is 0. The molecule has 4 heteroatoms. The molecule has 2 heterocycles. The third-order valence-electron chi connectivity index (χ3n) is 3.94. The second kappa shape index (κ2) is 4.18. The van der Waals surface area contributed by atoms with E-state index in [-0.39, 0.29) is 6.10 Å². The lowest BCUT2D eigenvalue weighted by atomic mass is 10.1. The summed E-state index contributed by atoms with van der Waals surface area (Å²) in [7, 11) is 0. The molecule has 0 saturated heterocycles. The van der Waals surface area contributed by atoms with Gasteiger partial charge in [-0.15, -0.1) is 0 Å².